The van der Waals surface area contributed by atoms with E-state index in [-0.39, 0.29) is 11.9 Å². The molecule has 0 radical (unpaired) electrons. The molecule has 2 aliphatic rings. The van der Waals surface area contributed by atoms with E-state index in [9.17, 15) is 9.59 Å². The lowest BCUT2D eigenvalue weighted by Gasteiger charge is -2.37. The SMILES string of the molecule is CC[C@H]1CCc2sc(C(=O)O[C@H](C)C(=O)N3CCN(c4ccccc4)CC3)cc2C1. The fraction of sp³-hybridized carbons (Fsp3) is 0.500. The number of hydrogen-bond donors (Lipinski definition) is 0. The minimum absolute atomic E-state index is 0.108. The van der Waals surface area contributed by atoms with Gasteiger partial charge in [0.05, 0.1) is 0 Å². The van der Waals surface area contributed by atoms with Crippen LogP contribution in [0.25, 0.3) is 0 Å². The first kappa shape index (κ1) is 20.9. The van der Waals surface area contributed by atoms with E-state index in [0.29, 0.717) is 23.9 Å². The number of carbonyl (C=O) groups excluding carboxylic acids is 2. The third-order valence-electron chi connectivity index (χ3n) is 6.31. The molecule has 0 unspecified atom stereocenters. The highest BCUT2D eigenvalue weighted by atomic mass is 32.1. The Bertz CT molecular complexity index is 887. The highest BCUT2D eigenvalue weighted by Crippen LogP contribution is 2.34. The van der Waals surface area contributed by atoms with Crippen molar-refractivity contribution in [3.05, 3.63) is 51.7 Å². The zero-order chi connectivity index (χ0) is 21.1. The van der Waals surface area contributed by atoms with E-state index < -0.39 is 6.10 Å². The summed E-state index contributed by atoms with van der Waals surface area (Å²) in [5, 5.41) is 0. The van der Waals surface area contributed by atoms with Gasteiger partial charge in [-0.1, -0.05) is 31.5 Å². The average molecular weight is 427 g/mol. The highest BCUT2D eigenvalue weighted by Gasteiger charge is 2.29. The van der Waals surface area contributed by atoms with Crippen molar-refractivity contribution >= 4 is 28.9 Å². The van der Waals surface area contributed by atoms with Crippen molar-refractivity contribution in [3.8, 4) is 0 Å². The van der Waals surface area contributed by atoms with Gasteiger partial charge in [-0.3, -0.25) is 4.79 Å². The van der Waals surface area contributed by atoms with Gasteiger partial charge in [-0.2, -0.15) is 0 Å². The second-order valence-corrected chi connectivity index (χ2v) is 9.41. The summed E-state index contributed by atoms with van der Waals surface area (Å²) < 4.78 is 5.56. The number of piperazine rings is 1. The first-order valence-corrected chi connectivity index (χ1v) is 11.8. The lowest BCUT2D eigenvalue weighted by Crippen LogP contribution is -2.51. The van der Waals surface area contributed by atoms with E-state index in [0.717, 1.165) is 25.9 Å². The molecule has 1 saturated heterocycles. The normalized spacial score (nSPS) is 19.9. The summed E-state index contributed by atoms with van der Waals surface area (Å²) in [6.45, 7) is 6.76. The van der Waals surface area contributed by atoms with Crippen molar-refractivity contribution in [2.45, 2.75) is 45.6 Å². The Morgan fingerprint density at radius 3 is 2.60 bits per heavy atom. The van der Waals surface area contributed by atoms with Crippen LogP contribution < -0.4 is 4.90 Å². The molecule has 2 atom stereocenters. The monoisotopic (exact) mass is 426 g/mol. The van der Waals surface area contributed by atoms with Crippen LogP contribution in [0.3, 0.4) is 0 Å². The molecule has 1 aromatic heterocycles. The molecular weight excluding hydrogens is 396 g/mol. The maximum atomic E-state index is 12.8. The van der Waals surface area contributed by atoms with Crippen LogP contribution >= 0.6 is 11.3 Å². The smallest absolute Gasteiger partial charge is 0.349 e. The molecule has 2 aromatic rings. The Morgan fingerprint density at radius 1 is 1.17 bits per heavy atom. The Morgan fingerprint density at radius 2 is 1.90 bits per heavy atom. The van der Waals surface area contributed by atoms with E-state index in [1.165, 1.54) is 40.3 Å². The molecule has 1 aliphatic carbocycles. The van der Waals surface area contributed by atoms with Gasteiger partial charge >= 0.3 is 5.97 Å². The molecule has 0 bridgehead atoms. The molecular formula is C24H30N2O3S. The van der Waals surface area contributed by atoms with Crippen molar-refractivity contribution in [1.82, 2.24) is 4.90 Å². The van der Waals surface area contributed by atoms with Crippen LogP contribution in [-0.4, -0.2) is 49.1 Å². The maximum Gasteiger partial charge on any atom is 0.349 e. The van der Waals surface area contributed by atoms with E-state index in [4.69, 9.17) is 4.74 Å². The number of esters is 1. The average Bonchev–Trinajstić information content (AvgIpc) is 3.22. The summed E-state index contributed by atoms with van der Waals surface area (Å²) >= 11 is 1.54. The number of nitrogens with zero attached hydrogens (tertiary/aromatic N) is 2. The van der Waals surface area contributed by atoms with Crippen LogP contribution in [0, 0.1) is 5.92 Å². The Kier molecular flexibility index (Phi) is 6.42. The summed E-state index contributed by atoms with van der Waals surface area (Å²) in [6, 6.07) is 12.2. The Hall–Kier alpha value is -2.34. The van der Waals surface area contributed by atoms with Crippen molar-refractivity contribution in [2.75, 3.05) is 31.1 Å². The van der Waals surface area contributed by atoms with E-state index in [1.54, 1.807) is 6.92 Å². The number of aryl methyl sites for hydroxylation is 1. The molecule has 0 saturated carbocycles. The number of rotatable bonds is 5. The number of fused-ring (bicyclic) bond motifs is 1. The molecule has 1 aliphatic heterocycles. The topological polar surface area (TPSA) is 49.9 Å². The summed E-state index contributed by atoms with van der Waals surface area (Å²) in [5.41, 5.74) is 2.47. The molecule has 160 valence electrons. The number of anilines is 1. The van der Waals surface area contributed by atoms with Crippen LogP contribution in [0.15, 0.2) is 36.4 Å². The maximum absolute atomic E-state index is 12.8. The van der Waals surface area contributed by atoms with Crippen LogP contribution in [0.2, 0.25) is 0 Å². The molecule has 30 heavy (non-hydrogen) atoms. The van der Waals surface area contributed by atoms with Gasteiger partial charge in [0.15, 0.2) is 6.10 Å². The molecule has 0 N–H and O–H groups in total. The van der Waals surface area contributed by atoms with E-state index in [2.05, 4.69) is 24.0 Å². The predicted molar refractivity (Wildman–Crippen MR) is 120 cm³/mol. The number of hydrogen-bond acceptors (Lipinski definition) is 5. The first-order valence-electron chi connectivity index (χ1n) is 11.0. The molecule has 2 heterocycles. The van der Waals surface area contributed by atoms with Crippen molar-refractivity contribution in [1.29, 1.82) is 0 Å². The number of thiophene rings is 1. The molecule has 1 aromatic carbocycles. The second kappa shape index (κ2) is 9.21. The third kappa shape index (κ3) is 4.53. The van der Waals surface area contributed by atoms with Crippen LogP contribution in [0.5, 0.6) is 0 Å². The van der Waals surface area contributed by atoms with E-state index in [1.807, 2.05) is 29.2 Å². The summed E-state index contributed by atoms with van der Waals surface area (Å²) in [6.07, 6.45) is 3.71. The summed E-state index contributed by atoms with van der Waals surface area (Å²) in [7, 11) is 0. The summed E-state index contributed by atoms with van der Waals surface area (Å²) in [5.74, 6) is 0.237. The fourth-order valence-corrected chi connectivity index (χ4v) is 5.49. The minimum Gasteiger partial charge on any atom is -0.448 e. The Labute approximate surface area is 182 Å². The van der Waals surface area contributed by atoms with Gasteiger partial charge in [0, 0.05) is 36.7 Å². The molecule has 4 rings (SSSR count). The van der Waals surface area contributed by atoms with Crippen molar-refractivity contribution in [3.63, 3.8) is 0 Å². The second-order valence-electron chi connectivity index (χ2n) is 8.27. The Balaban J connectivity index is 1.31. The van der Waals surface area contributed by atoms with Crippen LogP contribution in [0.1, 0.15) is 46.8 Å². The van der Waals surface area contributed by atoms with Gasteiger partial charge in [0.25, 0.3) is 5.91 Å². The zero-order valence-electron chi connectivity index (χ0n) is 17.8. The van der Waals surface area contributed by atoms with Gasteiger partial charge in [-0.05, 0) is 55.9 Å². The first-order chi connectivity index (χ1) is 14.5. The molecule has 0 spiro atoms. The highest BCUT2D eigenvalue weighted by molar-refractivity contribution is 7.14. The number of amides is 1. The quantitative estimate of drug-likeness (QED) is 0.674. The number of benzene rings is 1. The van der Waals surface area contributed by atoms with Crippen LogP contribution in [0.4, 0.5) is 5.69 Å². The molecule has 1 fully saturated rings. The van der Waals surface area contributed by atoms with Crippen LogP contribution in [-0.2, 0) is 22.4 Å². The van der Waals surface area contributed by atoms with Gasteiger partial charge in [0.1, 0.15) is 4.88 Å². The number of carbonyl (C=O) groups is 2. The van der Waals surface area contributed by atoms with Crippen molar-refractivity contribution < 1.29 is 14.3 Å². The van der Waals surface area contributed by atoms with E-state index >= 15 is 0 Å². The predicted octanol–water partition coefficient (Wildman–Crippen LogP) is 4.16. The van der Waals surface area contributed by atoms with Gasteiger partial charge in [0.2, 0.25) is 0 Å². The zero-order valence-corrected chi connectivity index (χ0v) is 18.6. The lowest BCUT2D eigenvalue weighted by atomic mass is 9.87. The molecule has 5 nitrogen and oxygen atoms in total. The largest absolute Gasteiger partial charge is 0.448 e. The third-order valence-corrected chi connectivity index (χ3v) is 7.52. The van der Waals surface area contributed by atoms with Crippen molar-refractivity contribution in [2.24, 2.45) is 5.92 Å². The summed E-state index contributed by atoms with van der Waals surface area (Å²) in [4.78, 5) is 31.5. The minimum atomic E-state index is -0.761. The molecule has 1 amide bonds. The fourth-order valence-electron chi connectivity index (χ4n) is 4.40. The number of para-hydroxylation sites is 1. The van der Waals surface area contributed by atoms with Gasteiger partial charge < -0.3 is 14.5 Å². The molecule has 6 heteroatoms. The van der Waals surface area contributed by atoms with Gasteiger partial charge in [-0.25, -0.2) is 4.79 Å². The lowest BCUT2D eigenvalue weighted by molar-refractivity contribution is -0.140. The van der Waals surface area contributed by atoms with Gasteiger partial charge in [-0.15, -0.1) is 11.3 Å². The number of ether oxygens (including phenoxy) is 1. The standard InChI is InChI=1S/C24H30N2O3S/c1-3-18-9-10-21-19(15-18)16-22(30-21)24(28)29-17(2)23(27)26-13-11-25(12-14-26)20-7-5-4-6-8-20/h4-8,16-18H,3,9-15H2,1-2H3/t17-,18+/m1/s1.